The second-order valence-electron chi connectivity index (χ2n) is 9.95. The third-order valence-electron chi connectivity index (χ3n) is 7.18. The molecule has 2 aliphatic rings. The highest BCUT2D eigenvalue weighted by Crippen LogP contribution is 2.34. The van der Waals surface area contributed by atoms with Crippen LogP contribution in [0.5, 0.6) is 11.5 Å². The summed E-state index contributed by atoms with van der Waals surface area (Å²) in [5, 5.41) is 11.7. The molecule has 0 spiro atoms. The highest BCUT2D eigenvalue weighted by molar-refractivity contribution is 6.07. The second-order valence-corrected chi connectivity index (χ2v) is 9.95. The summed E-state index contributed by atoms with van der Waals surface area (Å²) in [5.41, 5.74) is 6.69. The molecule has 5 rings (SSSR count). The summed E-state index contributed by atoms with van der Waals surface area (Å²) in [5.74, 6) is -2.62. The van der Waals surface area contributed by atoms with Crippen molar-refractivity contribution >= 4 is 34.8 Å². The van der Waals surface area contributed by atoms with E-state index in [1.165, 1.54) is 47.8 Å². The summed E-state index contributed by atoms with van der Waals surface area (Å²) < 4.78 is 48.2. The minimum absolute atomic E-state index is 0.0746. The van der Waals surface area contributed by atoms with Crippen LogP contribution in [0.1, 0.15) is 24.8 Å². The van der Waals surface area contributed by atoms with Gasteiger partial charge in [0.1, 0.15) is 41.1 Å². The van der Waals surface area contributed by atoms with E-state index < -0.39 is 18.3 Å². The number of ether oxygens (including phenoxy) is 1. The molecule has 4 N–H and O–H groups in total. The minimum Gasteiger partial charge on any atom is -0.457 e. The lowest BCUT2D eigenvalue weighted by atomic mass is 9.88. The maximum atomic E-state index is 15.2. The van der Waals surface area contributed by atoms with Crippen LogP contribution >= 0.6 is 0 Å². The maximum Gasteiger partial charge on any atom is 0.266 e. The molecule has 0 unspecified atom stereocenters. The highest BCUT2D eigenvalue weighted by Gasteiger charge is 2.38. The monoisotopic (exact) mass is 566 g/mol. The van der Waals surface area contributed by atoms with Gasteiger partial charge in [0.2, 0.25) is 5.91 Å². The van der Waals surface area contributed by atoms with Gasteiger partial charge in [-0.2, -0.15) is 0 Å². The molecule has 2 aromatic heterocycles. The molecule has 2 saturated heterocycles. The lowest BCUT2D eigenvalue weighted by Crippen LogP contribution is -2.39. The van der Waals surface area contributed by atoms with Crippen LogP contribution in [0.4, 0.5) is 36.3 Å². The number of amides is 1. The van der Waals surface area contributed by atoms with Crippen LogP contribution in [0.3, 0.4) is 0 Å². The molecule has 41 heavy (non-hydrogen) atoms. The van der Waals surface area contributed by atoms with Crippen molar-refractivity contribution in [2.75, 3.05) is 42.1 Å². The fourth-order valence-corrected chi connectivity index (χ4v) is 4.97. The molecule has 214 valence electrons. The van der Waals surface area contributed by atoms with Crippen molar-refractivity contribution in [3.05, 3.63) is 66.9 Å². The first kappa shape index (κ1) is 27.9. The van der Waals surface area contributed by atoms with E-state index in [0.717, 1.165) is 0 Å². The molecule has 0 radical (unpaired) electrons. The van der Waals surface area contributed by atoms with E-state index in [1.807, 2.05) is 0 Å². The smallest absolute Gasteiger partial charge is 0.266 e. The number of piperidine rings is 1. The molecule has 1 aromatic carbocycles. The van der Waals surface area contributed by atoms with Gasteiger partial charge in [0.05, 0.1) is 17.8 Å². The summed E-state index contributed by atoms with van der Waals surface area (Å²) in [7, 11) is 0. The number of benzene rings is 1. The van der Waals surface area contributed by atoms with Crippen molar-refractivity contribution in [3.63, 3.8) is 0 Å². The first-order valence-corrected chi connectivity index (χ1v) is 13.1. The van der Waals surface area contributed by atoms with Gasteiger partial charge < -0.3 is 31.0 Å². The van der Waals surface area contributed by atoms with Crippen LogP contribution in [-0.4, -0.2) is 63.6 Å². The van der Waals surface area contributed by atoms with Crippen molar-refractivity contribution < 1.29 is 22.7 Å². The van der Waals surface area contributed by atoms with Crippen molar-refractivity contribution in [1.29, 1.82) is 5.41 Å². The fourth-order valence-electron chi connectivity index (χ4n) is 4.97. The molecule has 13 heteroatoms. The third kappa shape index (κ3) is 6.23. The Bertz CT molecular complexity index is 1480. The lowest BCUT2D eigenvalue weighted by Gasteiger charge is -2.32. The fraction of sp³-hybridized carbons (Fsp3) is 0.321. The van der Waals surface area contributed by atoms with Crippen LogP contribution in [0, 0.1) is 17.1 Å². The summed E-state index contributed by atoms with van der Waals surface area (Å²) in [4.78, 5) is 27.5. The number of nitrogen functional groups attached to an aromatic ring is 1. The number of pyridine rings is 1. The van der Waals surface area contributed by atoms with Gasteiger partial charge in [-0.1, -0.05) is 6.58 Å². The number of carbonyl (C=O) groups excluding carboxylic acids is 1. The topological polar surface area (TPSA) is 133 Å². The summed E-state index contributed by atoms with van der Waals surface area (Å²) in [6.07, 6.45) is 4.83. The predicted octanol–water partition coefficient (Wildman–Crippen LogP) is 4.77. The van der Waals surface area contributed by atoms with Gasteiger partial charge in [-0.25, -0.2) is 28.1 Å². The molecule has 2 aliphatic heterocycles. The van der Waals surface area contributed by atoms with Gasteiger partial charge in [-0.05, 0) is 37.1 Å². The number of nitrogens with two attached hydrogens (primary N) is 1. The molecule has 0 saturated carbocycles. The van der Waals surface area contributed by atoms with Crippen LogP contribution in [0.15, 0.2) is 55.5 Å². The normalized spacial score (nSPS) is 16.9. The van der Waals surface area contributed by atoms with Crippen LogP contribution < -0.4 is 20.7 Å². The number of alkyl halides is 2. The second kappa shape index (κ2) is 11.4. The predicted molar refractivity (Wildman–Crippen MR) is 149 cm³/mol. The number of rotatable bonds is 8. The molecule has 4 heterocycles. The zero-order valence-electron chi connectivity index (χ0n) is 22.1. The molecule has 1 amide bonds. The molecule has 0 aliphatic carbocycles. The van der Waals surface area contributed by atoms with E-state index in [4.69, 9.17) is 15.9 Å². The van der Waals surface area contributed by atoms with Gasteiger partial charge in [-0.3, -0.25) is 4.79 Å². The number of hydrogen-bond donors (Lipinski definition) is 3. The highest BCUT2D eigenvalue weighted by atomic mass is 19.3. The SMILES string of the molecule is C=CC(=O)N1CCC(C(=N)c2c(N)ncnc2Nc2ccc(Oc3ccnc(N4CCC(F)(F)C4)c3)cc2F)CC1. The van der Waals surface area contributed by atoms with Gasteiger partial charge in [0.15, 0.2) is 0 Å². The minimum atomic E-state index is -2.76. The standard InChI is InChI=1S/C28H29F3N8O2/c1-2-23(40)38-10-6-17(7-11-38)25(32)24-26(33)35-16-36-27(24)37-21-4-3-18(13-20(21)29)41-19-5-9-34-22(14-19)39-12-8-28(30,31)15-39/h2-5,9,13-14,16-17,32H,1,6-8,10-12,15H2,(H3,33,35,36,37). The van der Waals surface area contributed by atoms with Crippen molar-refractivity contribution in [3.8, 4) is 11.5 Å². The van der Waals surface area contributed by atoms with Crippen LogP contribution in [0.2, 0.25) is 0 Å². The largest absolute Gasteiger partial charge is 0.457 e. The maximum absolute atomic E-state index is 15.2. The molecular formula is C28H29F3N8O2. The van der Waals surface area contributed by atoms with E-state index in [2.05, 4.69) is 26.8 Å². The number of aromatic nitrogens is 3. The molecule has 0 bridgehead atoms. The van der Waals surface area contributed by atoms with Crippen molar-refractivity contribution in [2.45, 2.75) is 25.2 Å². The van der Waals surface area contributed by atoms with E-state index in [0.29, 0.717) is 37.5 Å². The number of hydrogen-bond acceptors (Lipinski definition) is 9. The average molecular weight is 567 g/mol. The summed E-state index contributed by atoms with van der Waals surface area (Å²) in [6.45, 7) is 4.24. The van der Waals surface area contributed by atoms with Gasteiger partial charge in [-0.15, -0.1) is 0 Å². The molecule has 0 atom stereocenters. The van der Waals surface area contributed by atoms with Crippen LogP contribution in [-0.2, 0) is 4.79 Å². The summed E-state index contributed by atoms with van der Waals surface area (Å²) in [6, 6.07) is 7.26. The lowest BCUT2D eigenvalue weighted by molar-refractivity contribution is -0.127. The molecule has 2 fully saturated rings. The number of anilines is 4. The Kier molecular flexibility index (Phi) is 7.77. The zero-order valence-corrected chi connectivity index (χ0v) is 22.1. The molecule has 10 nitrogen and oxygen atoms in total. The number of nitrogens with zero attached hydrogens (tertiary/aromatic N) is 5. The molecular weight excluding hydrogens is 537 g/mol. The third-order valence-corrected chi connectivity index (χ3v) is 7.18. The number of likely N-dealkylation sites (tertiary alicyclic amines) is 1. The van der Waals surface area contributed by atoms with E-state index in [-0.39, 0.29) is 59.1 Å². The van der Waals surface area contributed by atoms with Gasteiger partial charge >= 0.3 is 0 Å². The molecule has 3 aromatic rings. The Morgan fingerprint density at radius 3 is 2.59 bits per heavy atom. The first-order valence-electron chi connectivity index (χ1n) is 13.1. The Hall–Kier alpha value is -4.68. The Morgan fingerprint density at radius 2 is 1.90 bits per heavy atom. The van der Waals surface area contributed by atoms with Gasteiger partial charge in [0.25, 0.3) is 5.92 Å². The van der Waals surface area contributed by atoms with E-state index in [9.17, 15) is 13.6 Å². The van der Waals surface area contributed by atoms with Crippen LogP contribution in [0.25, 0.3) is 0 Å². The number of carbonyl (C=O) groups is 1. The van der Waals surface area contributed by atoms with Gasteiger partial charge in [0, 0.05) is 56.0 Å². The van der Waals surface area contributed by atoms with Crippen molar-refractivity contribution in [2.24, 2.45) is 5.92 Å². The average Bonchev–Trinajstić information content (AvgIpc) is 3.33. The Morgan fingerprint density at radius 1 is 1.15 bits per heavy atom. The zero-order chi connectivity index (χ0) is 29.1. The summed E-state index contributed by atoms with van der Waals surface area (Å²) >= 11 is 0. The Labute approximate surface area is 234 Å². The van der Waals surface area contributed by atoms with E-state index >= 15 is 4.39 Å². The number of halogens is 3. The number of nitrogens with one attached hydrogen (secondary N) is 2. The quantitative estimate of drug-likeness (QED) is 0.262. The van der Waals surface area contributed by atoms with E-state index in [1.54, 1.807) is 11.0 Å². The van der Waals surface area contributed by atoms with Crippen molar-refractivity contribution in [1.82, 2.24) is 19.9 Å². The Balaban J connectivity index is 1.29. The first-order chi connectivity index (χ1) is 19.6.